The molecule has 0 radical (unpaired) electrons. The normalized spacial score (nSPS) is 16.6. The molecule has 0 unspecified atom stereocenters. The van der Waals surface area contributed by atoms with Gasteiger partial charge in [-0.05, 0) is 43.2 Å². The molecule has 2 aliphatic rings. The van der Waals surface area contributed by atoms with Gasteiger partial charge in [0.1, 0.15) is 0 Å². The molecular weight excluding hydrogens is 398 g/mol. The summed E-state index contributed by atoms with van der Waals surface area (Å²) in [4.78, 5) is 27.6. The first kappa shape index (κ1) is 20.8. The molecule has 2 saturated heterocycles. The number of benzene rings is 2. The van der Waals surface area contributed by atoms with Gasteiger partial charge in [0.25, 0.3) is 11.6 Å². The molecule has 0 bridgehead atoms. The minimum atomic E-state index is -0.444. The van der Waals surface area contributed by atoms with Gasteiger partial charge in [-0.25, -0.2) is 5.43 Å². The van der Waals surface area contributed by atoms with Gasteiger partial charge in [0.15, 0.2) is 0 Å². The fourth-order valence-corrected chi connectivity index (χ4v) is 3.88. The molecule has 2 fully saturated rings. The number of ether oxygens (including phenoxy) is 1. The molecule has 0 spiro atoms. The lowest BCUT2D eigenvalue weighted by molar-refractivity contribution is -0.384. The third-order valence-electron chi connectivity index (χ3n) is 5.54. The number of morpholine rings is 1. The number of carbonyl (C=O) groups excluding carboxylic acids is 1. The van der Waals surface area contributed by atoms with Crippen LogP contribution in [-0.4, -0.2) is 56.4 Å². The summed E-state index contributed by atoms with van der Waals surface area (Å²) in [5.41, 5.74) is 5.51. The highest BCUT2D eigenvalue weighted by Crippen LogP contribution is 2.25. The summed E-state index contributed by atoms with van der Waals surface area (Å²) in [7, 11) is 0. The van der Waals surface area contributed by atoms with Crippen LogP contribution in [0, 0.1) is 10.1 Å². The SMILES string of the molecule is O=C(N/N=C/c1cc([N+](=O)[O-])ccc1N1CCOCC1)c1ccc(N2CCCC2)cc1. The minimum Gasteiger partial charge on any atom is -0.378 e. The Labute approximate surface area is 180 Å². The predicted octanol–water partition coefficient (Wildman–Crippen LogP) is 2.80. The fraction of sp³-hybridized carbons (Fsp3) is 0.364. The quantitative estimate of drug-likeness (QED) is 0.436. The van der Waals surface area contributed by atoms with Crippen LogP contribution in [0.2, 0.25) is 0 Å². The fourth-order valence-electron chi connectivity index (χ4n) is 3.88. The number of hydrazone groups is 1. The third-order valence-corrected chi connectivity index (χ3v) is 5.54. The van der Waals surface area contributed by atoms with Crippen molar-refractivity contribution in [3.8, 4) is 0 Å². The van der Waals surface area contributed by atoms with Crippen LogP contribution in [-0.2, 0) is 4.74 Å². The van der Waals surface area contributed by atoms with Crippen molar-refractivity contribution in [3.63, 3.8) is 0 Å². The van der Waals surface area contributed by atoms with Crippen LogP contribution in [0.15, 0.2) is 47.6 Å². The van der Waals surface area contributed by atoms with Crippen molar-refractivity contribution < 1.29 is 14.5 Å². The topological polar surface area (TPSA) is 100 Å². The first-order valence-corrected chi connectivity index (χ1v) is 10.4. The molecule has 2 aromatic carbocycles. The van der Waals surface area contributed by atoms with Gasteiger partial charge < -0.3 is 14.5 Å². The summed E-state index contributed by atoms with van der Waals surface area (Å²) in [5.74, 6) is -0.331. The second-order valence-corrected chi connectivity index (χ2v) is 7.54. The molecule has 0 aromatic heterocycles. The van der Waals surface area contributed by atoms with E-state index in [0.29, 0.717) is 37.4 Å². The Hall–Kier alpha value is -3.46. The number of rotatable bonds is 6. The molecule has 0 saturated carbocycles. The number of nitro benzene ring substituents is 1. The first-order valence-electron chi connectivity index (χ1n) is 10.4. The summed E-state index contributed by atoms with van der Waals surface area (Å²) in [6.45, 7) is 4.66. The molecule has 162 valence electrons. The molecule has 2 heterocycles. The highest BCUT2D eigenvalue weighted by molar-refractivity contribution is 5.96. The van der Waals surface area contributed by atoms with Gasteiger partial charge in [-0.2, -0.15) is 5.10 Å². The Kier molecular flexibility index (Phi) is 6.42. The first-order chi connectivity index (χ1) is 15.1. The van der Waals surface area contributed by atoms with E-state index in [2.05, 4.69) is 20.3 Å². The van der Waals surface area contributed by atoms with E-state index >= 15 is 0 Å². The molecule has 9 heteroatoms. The van der Waals surface area contributed by atoms with Gasteiger partial charge in [0.2, 0.25) is 0 Å². The number of hydrogen-bond acceptors (Lipinski definition) is 7. The number of non-ortho nitro benzene ring substituents is 1. The van der Waals surface area contributed by atoms with E-state index < -0.39 is 4.92 Å². The molecule has 9 nitrogen and oxygen atoms in total. The Morgan fingerprint density at radius 1 is 1.03 bits per heavy atom. The number of nitrogens with zero attached hydrogens (tertiary/aromatic N) is 4. The van der Waals surface area contributed by atoms with E-state index in [1.54, 1.807) is 18.2 Å². The van der Waals surface area contributed by atoms with Crippen LogP contribution >= 0.6 is 0 Å². The molecule has 1 amide bonds. The monoisotopic (exact) mass is 423 g/mol. The number of hydrogen-bond donors (Lipinski definition) is 1. The molecule has 0 aliphatic carbocycles. The van der Waals surface area contributed by atoms with Gasteiger partial charge in [-0.3, -0.25) is 14.9 Å². The standard InChI is InChI=1S/C22H25N5O4/c28-22(17-3-5-19(6-4-17)25-9-1-2-10-25)24-23-16-18-15-20(27(29)30)7-8-21(18)26-11-13-31-14-12-26/h3-8,15-16H,1-2,9-14H2,(H,24,28)/b23-16+. The van der Waals surface area contributed by atoms with Crippen molar-refractivity contribution >= 4 is 29.2 Å². The van der Waals surface area contributed by atoms with Crippen LogP contribution in [0.4, 0.5) is 17.1 Å². The smallest absolute Gasteiger partial charge is 0.271 e. The number of nitrogens with one attached hydrogen (secondary N) is 1. The Morgan fingerprint density at radius 2 is 1.74 bits per heavy atom. The average molecular weight is 423 g/mol. The second-order valence-electron chi connectivity index (χ2n) is 7.54. The molecule has 2 aromatic rings. The van der Waals surface area contributed by atoms with Gasteiger partial charge in [-0.1, -0.05) is 0 Å². The zero-order chi connectivity index (χ0) is 21.6. The zero-order valence-electron chi connectivity index (χ0n) is 17.2. The molecule has 4 rings (SSSR count). The molecule has 0 atom stereocenters. The lowest BCUT2D eigenvalue weighted by Crippen LogP contribution is -2.36. The Bertz CT molecular complexity index is 964. The lowest BCUT2D eigenvalue weighted by Gasteiger charge is -2.29. The van der Waals surface area contributed by atoms with Gasteiger partial charge >= 0.3 is 0 Å². The van der Waals surface area contributed by atoms with E-state index in [1.165, 1.54) is 31.2 Å². The summed E-state index contributed by atoms with van der Waals surface area (Å²) in [6.07, 6.45) is 3.84. The van der Waals surface area contributed by atoms with Crippen molar-refractivity contribution in [2.24, 2.45) is 5.10 Å². The number of carbonyl (C=O) groups is 1. The van der Waals surface area contributed by atoms with Crippen molar-refractivity contribution in [2.45, 2.75) is 12.8 Å². The number of nitro groups is 1. The van der Waals surface area contributed by atoms with Crippen molar-refractivity contribution in [2.75, 3.05) is 49.2 Å². The molecular formula is C22H25N5O4. The van der Waals surface area contributed by atoms with Crippen molar-refractivity contribution in [1.82, 2.24) is 5.43 Å². The zero-order valence-corrected chi connectivity index (χ0v) is 17.2. The summed E-state index contributed by atoms with van der Waals surface area (Å²) >= 11 is 0. The lowest BCUT2D eigenvalue weighted by atomic mass is 10.1. The predicted molar refractivity (Wildman–Crippen MR) is 119 cm³/mol. The van der Waals surface area contributed by atoms with Gasteiger partial charge in [-0.15, -0.1) is 0 Å². The van der Waals surface area contributed by atoms with Crippen LogP contribution in [0.5, 0.6) is 0 Å². The van der Waals surface area contributed by atoms with Crippen LogP contribution in [0.25, 0.3) is 0 Å². The average Bonchev–Trinajstić information content (AvgIpc) is 3.34. The summed E-state index contributed by atoms with van der Waals surface area (Å²) in [6, 6.07) is 12.1. The summed E-state index contributed by atoms with van der Waals surface area (Å²) in [5, 5.41) is 15.2. The Balaban J connectivity index is 1.46. The van der Waals surface area contributed by atoms with E-state index in [1.807, 2.05) is 12.1 Å². The van der Waals surface area contributed by atoms with Crippen LogP contribution in [0.3, 0.4) is 0 Å². The minimum absolute atomic E-state index is 0.0257. The van der Waals surface area contributed by atoms with E-state index in [4.69, 9.17) is 4.74 Å². The largest absolute Gasteiger partial charge is 0.378 e. The Morgan fingerprint density at radius 3 is 2.42 bits per heavy atom. The molecule has 31 heavy (non-hydrogen) atoms. The third kappa shape index (κ3) is 5.00. The number of anilines is 2. The van der Waals surface area contributed by atoms with Gasteiger partial charge in [0, 0.05) is 60.8 Å². The maximum atomic E-state index is 12.5. The van der Waals surface area contributed by atoms with Crippen LogP contribution in [0.1, 0.15) is 28.8 Å². The maximum absolute atomic E-state index is 12.5. The van der Waals surface area contributed by atoms with Gasteiger partial charge in [0.05, 0.1) is 24.4 Å². The van der Waals surface area contributed by atoms with Crippen molar-refractivity contribution in [1.29, 1.82) is 0 Å². The summed E-state index contributed by atoms with van der Waals surface area (Å²) < 4.78 is 5.38. The second kappa shape index (κ2) is 9.57. The molecule has 2 aliphatic heterocycles. The van der Waals surface area contributed by atoms with Crippen molar-refractivity contribution in [3.05, 3.63) is 63.7 Å². The highest BCUT2D eigenvalue weighted by Gasteiger charge is 2.17. The van der Waals surface area contributed by atoms with E-state index in [-0.39, 0.29) is 11.6 Å². The van der Waals surface area contributed by atoms with E-state index in [0.717, 1.165) is 24.5 Å². The molecule has 1 N–H and O–H groups in total. The van der Waals surface area contributed by atoms with Crippen LogP contribution < -0.4 is 15.2 Å². The highest BCUT2D eigenvalue weighted by atomic mass is 16.6. The maximum Gasteiger partial charge on any atom is 0.271 e. The van der Waals surface area contributed by atoms with E-state index in [9.17, 15) is 14.9 Å². The number of amides is 1.